The Morgan fingerprint density at radius 3 is 2.36 bits per heavy atom. The van der Waals surface area contributed by atoms with E-state index in [0.717, 1.165) is 16.8 Å². The van der Waals surface area contributed by atoms with Crippen LogP contribution in [0.2, 0.25) is 0 Å². The summed E-state index contributed by atoms with van der Waals surface area (Å²) in [6.45, 7) is 2.03. The Balaban J connectivity index is 2.03. The number of hydrogen-bond donors (Lipinski definition) is 1. The van der Waals surface area contributed by atoms with E-state index in [4.69, 9.17) is 0 Å². The molecule has 4 rings (SSSR count). The fourth-order valence-electron chi connectivity index (χ4n) is 2.67. The molecule has 0 atom stereocenters. The van der Waals surface area contributed by atoms with E-state index in [2.05, 4.69) is 33.6 Å². The minimum absolute atomic E-state index is 0.241. The number of imidazole rings is 1. The topological polar surface area (TPSA) is 67.4 Å². The van der Waals surface area contributed by atoms with E-state index in [1.54, 1.807) is 0 Å². The molecule has 6 heteroatoms. The number of fused-ring (bicyclic) bond motifs is 1. The standard InChI is InChI=1S/C19H13N5S/c1-12-7-9-14(10-8-12)24-18-16(22-19(24)25)15(11-20)21-17(23-18)13-5-3-2-4-6-13/h2-10H,1H3,(H,22,25). The summed E-state index contributed by atoms with van der Waals surface area (Å²) in [5.41, 5.74) is 4.15. The summed E-state index contributed by atoms with van der Waals surface area (Å²) in [7, 11) is 0. The molecule has 120 valence electrons. The summed E-state index contributed by atoms with van der Waals surface area (Å²) in [6, 6.07) is 19.7. The van der Waals surface area contributed by atoms with Crippen LogP contribution in [0.4, 0.5) is 0 Å². The van der Waals surface area contributed by atoms with Gasteiger partial charge in [-0.1, -0.05) is 48.0 Å². The van der Waals surface area contributed by atoms with E-state index in [-0.39, 0.29) is 5.69 Å². The molecule has 2 aromatic carbocycles. The fraction of sp³-hybridized carbons (Fsp3) is 0.0526. The minimum Gasteiger partial charge on any atom is -0.272 e. The molecule has 2 heterocycles. The van der Waals surface area contributed by atoms with Crippen LogP contribution < -0.4 is 0 Å². The number of hydrogen-bond acceptors (Lipinski definition) is 5. The summed E-state index contributed by atoms with van der Waals surface area (Å²) in [6.07, 6.45) is 0. The first-order valence-corrected chi connectivity index (χ1v) is 8.14. The van der Waals surface area contributed by atoms with Gasteiger partial charge in [0, 0.05) is 11.3 Å². The number of aromatic nitrogens is 4. The normalized spacial score (nSPS) is 10.8. The van der Waals surface area contributed by atoms with Crippen molar-refractivity contribution in [2.24, 2.45) is 0 Å². The summed E-state index contributed by atoms with van der Waals surface area (Å²) < 4.78 is 1.83. The molecular formula is C19H13N5S. The average Bonchev–Trinajstić information content (AvgIpc) is 2.98. The monoisotopic (exact) mass is 343 g/mol. The van der Waals surface area contributed by atoms with Gasteiger partial charge in [0.15, 0.2) is 22.3 Å². The third kappa shape index (κ3) is 2.65. The van der Waals surface area contributed by atoms with Crippen LogP contribution in [0.15, 0.2) is 59.8 Å². The van der Waals surface area contributed by atoms with Crippen molar-refractivity contribution < 1.29 is 0 Å². The first-order valence-electron chi connectivity index (χ1n) is 7.69. The van der Waals surface area contributed by atoms with Gasteiger partial charge < -0.3 is 0 Å². The van der Waals surface area contributed by atoms with Crippen molar-refractivity contribution in [2.75, 3.05) is 0 Å². The zero-order valence-electron chi connectivity index (χ0n) is 13.4. The van der Waals surface area contributed by atoms with E-state index in [9.17, 15) is 5.26 Å². The van der Waals surface area contributed by atoms with Gasteiger partial charge >= 0.3 is 0 Å². The quantitative estimate of drug-likeness (QED) is 0.560. The molecule has 0 radical (unpaired) electrons. The summed E-state index contributed by atoms with van der Waals surface area (Å²) in [4.78, 5) is 13.4. The third-order valence-electron chi connectivity index (χ3n) is 3.92. The van der Waals surface area contributed by atoms with Gasteiger partial charge in [-0.25, -0.2) is 15.0 Å². The molecule has 0 N–H and O–H groups in total. The maximum atomic E-state index is 9.50. The van der Waals surface area contributed by atoms with E-state index in [0.29, 0.717) is 22.1 Å². The summed E-state index contributed by atoms with van der Waals surface area (Å²) in [5.74, 6) is 0.492. The molecule has 0 bridgehead atoms. The van der Waals surface area contributed by atoms with Crippen LogP contribution >= 0.6 is 12.6 Å². The van der Waals surface area contributed by atoms with Gasteiger partial charge in [-0.15, -0.1) is 12.6 Å². The van der Waals surface area contributed by atoms with Gasteiger partial charge in [-0.2, -0.15) is 5.26 Å². The highest BCUT2D eigenvalue weighted by atomic mass is 32.1. The van der Waals surface area contributed by atoms with Crippen molar-refractivity contribution in [1.82, 2.24) is 19.5 Å². The molecule has 0 spiro atoms. The van der Waals surface area contributed by atoms with Crippen LogP contribution in [0, 0.1) is 18.3 Å². The van der Waals surface area contributed by atoms with Crippen molar-refractivity contribution in [3.63, 3.8) is 0 Å². The van der Waals surface area contributed by atoms with Crippen molar-refractivity contribution in [2.45, 2.75) is 12.1 Å². The Kier molecular flexibility index (Phi) is 3.71. The van der Waals surface area contributed by atoms with Crippen molar-refractivity contribution in [3.8, 4) is 23.1 Å². The van der Waals surface area contributed by atoms with E-state index in [1.807, 2.05) is 66.1 Å². The minimum atomic E-state index is 0.241. The molecule has 0 aliphatic heterocycles. The number of benzene rings is 2. The highest BCUT2D eigenvalue weighted by Gasteiger charge is 2.18. The molecule has 0 saturated heterocycles. The number of thiol groups is 1. The van der Waals surface area contributed by atoms with Gasteiger partial charge in [0.05, 0.1) is 0 Å². The Morgan fingerprint density at radius 2 is 1.68 bits per heavy atom. The van der Waals surface area contributed by atoms with Gasteiger partial charge in [0.25, 0.3) is 0 Å². The van der Waals surface area contributed by atoms with Gasteiger partial charge in [0.1, 0.15) is 11.6 Å². The number of rotatable bonds is 2. The molecule has 5 nitrogen and oxygen atoms in total. The second-order valence-electron chi connectivity index (χ2n) is 5.63. The molecule has 0 aliphatic rings. The lowest BCUT2D eigenvalue weighted by molar-refractivity contribution is 0.914. The van der Waals surface area contributed by atoms with Gasteiger partial charge in [-0.3, -0.25) is 4.57 Å². The predicted molar refractivity (Wildman–Crippen MR) is 98.8 cm³/mol. The van der Waals surface area contributed by atoms with Gasteiger partial charge in [0.2, 0.25) is 0 Å². The van der Waals surface area contributed by atoms with E-state index >= 15 is 0 Å². The van der Waals surface area contributed by atoms with Crippen LogP contribution in [-0.4, -0.2) is 19.5 Å². The van der Waals surface area contributed by atoms with Crippen molar-refractivity contribution in [1.29, 1.82) is 5.26 Å². The second-order valence-corrected chi connectivity index (χ2v) is 6.03. The van der Waals surface area contributed by atoms with Crippen LogP contribution in [0.3, 0.4) is 0 Å². The van der Waals surface area contributed by atoms with Crippen molar-refractivity contribution in [3.05, 3.63) is 65.9 Å². The number of nitrogens with zero attached hydrogens (tertiary/aromatic N) is 5. The summed E-state index contributed by atoms with van der Waals surface area (Å²) >= 11 is 4.48. The van der Waals surface area contributed by atoms with Crippen LogP contribution in [0.1, 0.15) is 11.3 Å². The molecule has 4 aromatic rings. The zero-order valence-corrected chi connectivity index (χ0v) is 14.3. The first kappa shape index (κ1) is 15.4. The molecular weight excluding hydrogens is 330 g/mol. The molecule has 0 aliphatic carbocycles. The lowest BCUT2D eigenvalue weighted by Gasteiger charge is -2.07. The average molecular weight is 343 g/mol. The molecule has 0 saturated carbocycles. The van der Waals surface area contributed by atoms with Crippen LogP contribution in [0.25, 0.3) is 28.2 Å². The molecule has 0 unspecified atom stereocenters. The van der Waals surface area contributed by atoms with E-state index in [1.165, 1.54) is 0 Å². The first-order chi connectivity index (χ1) is 12.2. The zero-order chi connectivity index (χ0) is 17.4. The molecule has 0 fully saturated rings. The lowest BCUT2D eigenvalue weighted by Crippen LogP contribution is -2.00. The maximum Gasteiger partial charge on any atom is 0.172 e. The largest absolute Gasteiger partial charge is 0.272 e. The highest BCUT2D eigenvalue weighted by molar-refractivity contribution is 7.80. The number of aryl methyl sites for hydroxylation is 1. The van der Waals surface area contributed by atoms with Crippen LogP contribution in [0.5, 0.6) is 0 Å². The highest BCUT2D eigenvalue weighted by Crippen LogP contribution is 2.26. The maximum absolute atomic E-state index is 9.50. The van der Waals surface area contributed by atoms with Gasteiger partial charge in [-0.05, 0) is 19.1 Å². The summed E-state index contributed by atoms with van der Waals surface area (Å²) in [5, 5.41) is 9.97. The van der Waals surface area contributed by atoms with Crippen molar-refractivity contribution >= 4 is 23.8 Å². The van der Waals surface area contributed by atoms with E-state index < -0.39 is 0 Å². The predicted octanol–water partition coefficient (Wildman–Crippen LogP) is 3.95. The SMILES string of the molecule is Cc1ccc(-n2c(S)nc3c(C#N)nc(-c4ccccc4)nc32)cc1. The second kappa shape index (κ2) is 6.04. The Bertz CT molecular complexity index is 1110. The molecule has 25 heavy (non-hydrogen) atoms. The number of nitriles is 1. The third-order valence-corrected chi connectivity index (χ3v) is 4.22. The van der Waals surface area contributed by atoms with Crippen LogP contribution in [-0.2, 0) is 0 Å². The fourth-order valence-corrected chi connectivity index (χ4v) is 2.98. The Morgan fingerprint density at radius 1 is 0.960 bits per heavy atom. The Labute approximate surface area is 150 Å². The molecule has 2 aromatic heterocycles. The lowest BCUT2D eigenvalue weighted by atomic mass is 10.2. The molecule has 0 amide bonds. The Hall–Kier alpha value is -3.17. The smallest absolute Gasteiger partial charge is 0.172 e.